The lowest BCUT2D eigenvalue weighted by molar-refractivity contribution is 0.0979. The third-order valence-corrected chi connectivity index (χ3v) is 4.08. The van der Waals surface area contributed by atoms with Gasteiger partial charge in [0.05, 0.1) is 0 Å². The highest BCUT2D eigenvalue weighted by molar-refractivity contribution is 9.10. The molecule has 0 fully saturated rings. The molecule has 1 rings (SSSR count). The van der Waals surface area contributed by atoms with Crippen LogP contribution in [0.2, 0.25) is 0 Å². The number of hydrogen-bond donors (Lipinski definition) is 0. The van der Waals surface area contributed by atoms with Crippen molar-refractivity contribution in [3.8, 4) is 0 Å². The minimum atomic E-state index is 0.278. The van der Waals surface area contributed by atoms with Gasteiger partial charge >= 0.3 is 0 Å². The lowest BCUT2D eigenvalue weighted by atomic mass is 10.0. The Morgan fingerprint density at radius 1 is 0.950 bits per heavy atom. The van der Waals surface area contributed by atoms with Crippen LogP contribution < -0.4 is 0 Å². The molecule has 1 aromatic rings. The summed E-state index contributed by atoms with van der Waals surface area (Å²) in [4.78, 5) is 12.1. The minimum absolute atomic E-state index is 0.278. The fraction of sp³-hybridized carbons (Fsp3) is 0.611. The summed E-state index contributed by atoms with van der Waals surface area (Å²) in [5.74, 6) is 0.278. The topological polar surface area (TPSA) is 17.1 Å². The van der Waals surface area contributed by atoms with E-state index in [9.17, 15) is 4.79 Å². The van der Waals surface area contributed by atoms with Crippen LogP contribution >= 0.6 is 15.9 Å². The van der Waals surface area contributed by atoms with Crippen LogP contribution in [0.25, 0.3) is 0 Å². The number of unbranched alkanes of at least 4 members (excludes halogenated alkanes) is 7. The van der Waals surface area contributed by atoms with Gasteiger partial charge in [-0.1, -0.05) is 67.8 Å². The third kappa shape index (κ3) is 7.23. The number of Topliss-reactive ketones (excluding diaryl/α,β-unsaturated/α-hetero) is 1. The molecule has 0 spiro atoms. The highest BCUT2D eigenvalue weighted by atomic mass is 79.9. The van der Waals surface area contributed by atoms with E-state index >= 15 is 0 Å². The summed E-state index contributed by atoms with van der Waals surface area (Å²) in [5, 5.41) is 0. The lowest BCUT2D eigenvalue weighted by Crippen LogP contribution is -1.99. The van der Waals surface area contributed by atoms with Crippen molar-refractivity contribution < 1.29 is 4.79 Å². The second-order valence-corrected chi connectivity index (χ2v) is 6.58. The van der Waals surface area contributed by atoms with Gasteiger partial charge in [-0.25, -0.2) is 0 Å². The van der Waals surface area contributed by atoms with E-state index in [1.54, 1.807) is 0 Å². The molecule has 0 saturated heterocycles. The van der Waals surface area contributed by atoms with Gasteiger partial charge in [0.15, 0.2) is 5.78 Å². The molecule has 0 atom stereocenters. The number of aryl methyl sites for hydroxylation is 1. The first-order valence-electron chi connectivity index (χ1n) is 7.94. The van der Waals surface area contributed by atoms with Gasteiger partial charge in [-0.2, -0.15) is 0 Å². The highest BCUT2D eigenvalue weighted by Gasteiger charge is 2.06. The summed E-state index contributed by atoms with van der Waals surface area (Å²) in [6, 6.07) is 5.95. The predicted octanol–water partition coefficient (Wildman–Crippen LogP) is 6.47. The monoisotopic (exact) mass is 338 g/mol. The summed E-state index contributed by atoms with van der Waals surface area (Å²) in [6.07, 6.45) is 10.9. The van der Waals surface area contributed by atoms with Gasteiger partial charge < -0.3 is 0 Å². The molecule has 0 bridgehead atoms. The van der Waals surface area contributed by atoms with Gasteiger partial charge in [0.25, 0.3) is 0 Å². The maximum Gasteiger partial charge on any atom is 0.162 e. The summed E-state index contributed by atoms with van der Waals surface area (Å²) < 4.78 is 0.997. The summed E-state index contributed by atoms with van der Waals surface area (Å²) in [7, 11) is 0. The number of carbonyl (C=O) groups excluding carboxylic acids is 1. The van der Waals surface area contributed by atoms with E-state index in [-0.39, 0.29) is 5.78 Å². The minimum Gasteiger partial charge on any atom is -0.294 e. The first-order valence-corrected chi connectivity index (χ1v) is 8.73. The Bertz CT molecular complexity index is 392. The first-order chi connectivity index (χ1) is 9.63. The fourth-order valence-electron chi connectivity index (χ4n) is 2.46. The molecule has 0 heterocycles. The van der Waals surface area contributed by atoms with Gasteiger partial charge in [-0.3, -0.25) is 4.79 Å². The number of rotatable bonds is 10. The molecule has 0 aliphatic heterocycles. The summed E-state index contributed by atoms with van der Waals surface area (Å²) in [5.41, 5.74) is 1.98. The number of hydrogen-bond acceptors (Lipinski definition) is 1. The first kappa shape index (κ1) is 17.4. The quantitative estimate of drug-likeness (QED) is 0.353. The molecule has 20 heavy (non-hydrogen) atoms. The molecule has 0 aromatic heterocycles. The van der Waals surface area contributed by atoms with Crippen LogP contribution in [-0.4, -0.2) is 5.78 Å². The van der Waals surface area contributed by atoms with Gasteiger partial charge in [0.2, 0.25) is 0 Å². The maximum atomic E-state index is 12.1. The molecule has 1 nitrogen and oxygen atoms in total. The van der Waals surface area contributed by atoms with Crippen molar-refractivity contribution in [3.05, 3.63) is 33.8 Å². The SMILES string of the molecule is CCCCCCCCCCC(=O)c1cc(C)cc(Br)c1. The third-order valence-electron chi connectivity index (χ3n) is 3.62. The highest BCUT2D eigenvalue weighted by Crippen LogP contribution is 2.18. The van der Waals surface area contributed by atoms with Crippen molar-refractivity contribution in [3.63, 3.8) is 0 Å². The van der Waals surface area contributed by atoms with E-state index in [2.05, 4.69) is 22.9 Å². The fourth-order valence-corrected chi connectivity index (χ4v) is 3.07. The summed E-state index contributed by atoms with van der Waals surface area (Å²) in [6.45, 7) is 4.27. The van der Waals surface area contributed by atoms with E-state index in [0.29, 0.717) is 6.42 Å². The van der Waals surface area contributed by atoms with E-state index in [1.165, 1.54) is 44.9 Å². The Balaban J connectivity index is 2.17. The van der Waals surface area contributed by atoms with Crippen LogP contribution in [0.3, 0.4) is 0 Å². The average molecular weight is 339 g/mol. The molecule has 2 heteroatoms. The Kier molecular flexibility index (Phi) is 8.84. The van der Waals surface area contributed by atoms with Crippen molar-refractivity contribution >= 4 is 21.7 Å². The van der Waals surface area contributed by atoms with Gasteiger partial charge in [-0.15, -0.1) is 0 Å². The zero-order valence-electron chi connectivity index (χ0n) is 12.9. The van der Waals surface area contributed by atoms with Crippen molar-refractivity contribution in [2.45, 2.75) is 71.6 Å². The molecular weight excluding hydrogens is 312 g/mol. The van der Waals surface area contributed by atoms with Crippen LogP contribution in [0, 0.1) is 6.92 Å². The van der Waals surface area contributed by atoms with Gasteiger partial charge in [0.1, 0.15) is 0 Å². The van der Waals surface area contributed by atoms with Crippen molar-refractivity contribution in [1.82, 2.24) is 0 Å². The summed E-state index contributed by atoms with van der Waals surface area (Å²) >= 11 is 3.45. The van der Waals surface area contributed by atoms with Crippen molar-refractivity contribution in [1.29, 1.82) is 0 Å². The van der Waals surface area contributed by atoms with Crippen LogP contribution in [0.4, 0.5) is 0 Å². The predicted molar refractivity (Wildman–Crippen MR) is 90.4 cm³/mol. The number of benzene rings is 1. The molecule has 0 unspecified atom stereocenters. The molecule has 0 radical (unpaired) electrons. The second kappa shape index (κ2) is 10.1. The van der Waals surface area contributed by atoms with Crippen LogP contribution in [0.1, 0.15) is 80.6 Å². The Morgan fingerprint density at radius 2 is 1.55 bits per heavy atom. The normalized spacial score (nSPS) is 10.8. The molecule has 0 amide bonds. The maximum absolute atomic E-state index is 12.1. The molecule has 0 aliphatic rings. The molecular formula is C18H27BrO. The standard InChI is InChI=1S/C18H27BrO/c1-3-4-5-6-7-8-9-10-11-18(20)16-12-15(2)13-17(19)14-16/h12-14H,3-11H2,1-2H3. The molecule has 0 aliphatic carbocycles. The van der Waals surface area contributed by atoms with E-state index in [1.807, 2.05) is 25.1 Å². The lowest BCUT2D eigenvalue weighted by Gasteiger charge is -2.04. The smallest absolute Gasteiger partial charge is 0.162 e. The Morgan fingerprint density at radius 3 is 2.15 bits per heavy atom. The van der Waals surface area contributed by atoms with E-state index in [0.717, 1.165) is 22.0 Å². The van der Waals surface area contributed by atoms with Crippen LogP contribution in [-0.2, 0) is 0 Å². The Labute approximate surface area is 132 Å². The molecule has 0 N–H and O–H groups in total. The molecule has 112 valence electrons. The zero-order chi connectivity index (χ0) is 14.8. The van der Waals surface area contributed by atoms with Crippen LogP contribution in [0.5, 0.6) is 0 Å². The number of carbonyl (C=O) groups is 1. The number of halogens is 1. The van der Waals surface area contributed by atoms with Crippen molar-refractivity contribution in [2.75, 3.05) is 0 Å². The van der Waals surface area contributed by atoms with E-state index < -0.39 is 0 Å². The largest absolute Gasteiger partial charge is 0.294 e. The van der Waals surface area contributed by atoms with Crippen LogP contribution in [0.15, 0.2) is 22.7 Å². The van der Waals surface area contributed by atoms with E-state index in [4.69, 9.17) is 0 Å². The zero-order valence-corrected chi connectivity index (χ0v) is 14.5. The molecule has 1 aromatic carbocycles. The molecule has 0 saturated carbocycles. The number of ketones is 1. The second-order valence-electron chi connectivity index (χ2n) is 5.67. The average Bonchev–Trinajstić information content (AvgIpc) is 2.40. The Hall–Kier alpha value is -0.630. The van der Waals surface area contributed by atoms with Gasteiger partial charge in [-0.05, 0) is 37.1 Å². The van der Waals surface area contributed by atoms with Gasteiger partial charge in [0, 0.05) is 16.5 Å². The van der Waals surface area contributed by atoms with Crippen molar-refractivity contribution in [2.24, 2.45) is 0 Å².